The predicted octanol–water partition coefficient (Wildman–Crippen LogP) is 0.879. The van der Waals surface area contributed by atoms with Gasteiger partial charge in [0.15, 0.2) is 5.69 Å². The number of carbonyl (C=O) groups is 1. The molecule has 1 aliphatic rings. The maximum Gasteiger partial charge on any atom is 0.246 e. The highest BCUT2D eigenvalue weighted by molar-refractivity contribution is 6.19. The Labute approximate surface area is 120 Å². The number of rotatable bonds is 2. The van der Waals surface area contributed by atoms with Gasteiger partial charge in [0.2, 0.25) is 5.91 Å². The van der Waals surface area contributed by atoms with Crippen LogP contribution in [0.4, 0.5) is 11.4 Å². The van der Waals surface area contributed by atoms with E-state index >= 15 is 0 Å². The molecule has 0 saturated carbocycles. The average Bonchev–Trinajstić information content (AvgIpc) is 2.65. The van der Waals surface area contributed by atoms with Crippen LogP contribution in [0.25, 0.3) is 0 Å². The summed E-state index contributed by atoms with van der Waals surface area (Å²) in [4.78, 5) is 16.0. The van der Waals surface area contributed by atoms with Gasteiger partial charge in [0, 0.05) is 23.3 Å². The monoisotopic (exact) mass is 283 g/mol. The number of benzene rings is 2. The second kappa shape index (κ2) is 5.45. The maximum absolute atomic E-state index is 11.7. The van der Waals surface area contributed by atoms with Crippen molar-refractivity contribution in [3.05, 3.63) is 64.9 Å². The third kappa shape index (κ3) is 2.68. The van der Waals surface area contributed by atoms with E-state index in [-0.39, 0.29) is 18.1 Å². The number of hydrogen-bond donors (Lipinski definition) is 3. The highest BCUT2D eigenvalue weighted by Gasteiger charge is 2.19. The lowest BCUT2D eigenvalue weighted by molar-refractivity contribution is -0.991. The zero-order chi connectivity index (χ0) is 14.8. The fraction of sp³-hybridized carbons (Fsp3) is 0.0667. The largest absolute Gasteiger partial charge is 0.595 e. The van der Waals surface area contributed by atoms with Crippen LogP contribution in [0.15, 0.2) is 53.5 Å². The van der Waals surface area contributed by atoms with Crippen molar-refractivity contribution in [2.75, 3.05) is 11.9 Å². The normalized spacial score (nSPS) is 15.5. The van der Waals surface area contributed by atoms with Gasteiger partial charge in [-0.15, -0.1) is 0 Å². The SMILES string of the molecule is O=C1CN=C(c2ccccc2)c2cc([NH+]([O-])O)ccc2N1. The van der Waals surface area contributed by atoms with Crippen LogP contribution in [0.3, 0.4) is 0 Å². The number of amides is 1. The number of anilines is 1. The lowest BCUT2D eigenvalue weighted by Gasteiger charge is -2.15. The van der Waals surface area contributed by atoms with Crippen molar-refractivity contribution in [1.82, 2.24) is 0 Å². The summed E-state index contributed by atoms with van der Waals surface area (Å²) < 4.78 is 0. The standard InChI is InChI=1S/C15H13N3O3/c19-14-9-16-15(10-4-2-1-3-5-10)12-8-11(18(20)21)6-7-13(12)17-14/h1-8,18,20H,9H2,(H,17,19). The smallest absolute Gasteiger partial charge is 0.246 e. The summed E-state index contributed by atoms with van der Waals surface area (Å²) in [6, 6.07) is 14.0. The number of nitrogens with one attached hydrogen (secondary N) is 2. The molecule has 0 aliphatic carbocycles. The van der Waals surface area contributed by atoms with E-state index in [1.807, 2.05) is 30.3 Å². The summed E-state index contributed by atoms with van der Waals surface area (Å²) >= 11 is 0. The number of hydrogen-bond acceptors (Lipinski definition) is 4. The molecule has 106 valence electrons. The van der Waals surface area contributed by atoms with E-state index in [0.29, 0.717) is 17.0 Å². The molecule has 21 heavy (non-hydrogen) atoms. The molecule has 3 rings (SSSR count). The Kier molecular flexibility index (Phi) is 3.49. The Hall–Kier alpha value is -2.54. The van der Waals surface area contributed by atoms with Crippen LogP contribution in [0, 0.1) is 5.21 Å². The van der Waals surface area contributed by atoms with Crippen LogP contribution in [0.2, 0.25) is 0 Å². The maximum atomic E-state index is 11.7. The van der Waals surface area contributed by atoms with Crippen molar-refractivity contribution < 1.29 is 15.2 Å². The van der Waals surface area contributed by atoms with Crippen molar-refractivity contribution in [2.45, 2.75) is 0 Å². The minimum Gasteiger partial charge on any atom is -0.595 e. The summed E-state index contributed by atoms with van der Waals surface area (Å²) in [5.41, 5.74) is 2.82. The minimum atomic E-state index is -1.01. The van der Waals surface area contributed by atoms with Crippen molar-refractivity contribution in [3.8, 4) is 0 Å². The second-order valence-electron chi connectivity index (χ2n) is 4.64. The fourth-order valence-corrected chi connectivity index (χ4v) is 2.25. The highest BCUT2D eigenvalue weighted by Crippen LogP contribution is 2.24. The van der Waals surface area contributed by atoms with Crippen molar-refractivity contribution in [1.29, 1.82) is 0 Å². The quantitative estimate of drug-likeness (QED) is 0.715. The summed E-state index contributed by atoms with van der Waals surface area (Å²) in [6.07, 6.45) is 0. The highest BCUT2D eigenvalue weighted by atomic mass is 16.8. The van der Waals surface area contributed by atoms with Crippen LogP contribution in [-0.2, 0) is 4.79 Å². The van der Waals surface area contributed by atoms with Gasteiger partial charge in [0.1, 0.15) is 6.54 Å². The third-order valence-corrected chi connectivity index (χ3v) is 3.22. The Bertz CT molecular complexity index is 711. The molecule has 0 radical (unpaired) electrons. The van der Waals surface area contributed by atoms with E-state index < -0.39 is 5.23 Å². The van der Waals surface area contributed by atoms with Crippen LogP contribution in [0.5, 0.6) is 0 Å². The molecule has 1 unspecified atom stereocenters. The summed E-state index contributed by atoms with van der Waals surface area (Å²) in [7, 11) is 0. The summed E-state index contributed by atoms with van der Waals surface area (Å²) in [6.45, 7) is 0.0152. The van der Waals surface area contributed by atoms with Gasteiger partial charge >= 0.3 is 0 Å². The molecule has 6 nitrogen and oxygen atoms in total. The van der Waals surface area contributed by atoms with Crippen molar-refractivity contribution >= 4 is 23.0 Å². The molecular weight excluding hydrogens is 270 g/mol. The molecule has 0 fully saturated rings. The van der Waals surface area contributed by atoms with E-state index in [4.69, 9.17) is 5.21 Å². The molecule has 6 heteroatoms. The summed E-state index contributed by atoms with van der Waals surface area (Å²) in [5.74, 6) is -0.217. The lowest BCUT2D eigenvalue weighted by atomic mass is 10.00. The lowest BCUT2D eigenvalue weighted by Crippen LogP contribution is -2.99. The van der Waals surface area contributed by atoms with Gasteiger partial charge in [-0.2, -0.15) is 5.23 Å². The molecule has 0 bridgehead atoms. The number of quaternary nitrogens is 1. The number of fused-ring (bicyclic) bond motifs is 1. The van der Waals surface area contributed by atoms with E-state index in [1.165, 1.54) is 12.1 Å². The Balaban J connectivity index is 2.18. The minimum absolute atomic E-state index is 0.0152. The van der Waals surface area contributed by atoms with Gasteiger partial charge in [-0.1, -0.05) is 30.3 Å². The van der Waals surface area contributed by atoms with Gasteiger partial charge < -0.3 is 10.5 Å². The van der Waals surface area contributed by atoms with Crippen LogP contribution in [0.1, 0.15) is 11.1 Å². The molecular formula is C15H13N3O3. The molecule has 1 heterocycles. The van der Waals surface area contributed by atoms with Gasteiger partial charge in [-0.3, -0.25) is 9.79 Å². The first-order chi connectivity index (χ1) is 10.1. The Morgan fingerprint density at radius 2 is 1.95 bits per heavy atom. The van der Waals surface area contributed by atoms with Crippen LogP contribution < -0.4 is 10.5 Å². The second-order valence-corrected chi connectivity index (χ2v) is 4.64. The first-order valence-corrected chi connectivity index (χ1v) is 6.42. The molecule has 0 aromatic heterocycles. The Morgan fingerprint density at radius 3 is 2.67 bits per heavy atom. The molecule has 1 aliphatic heterocycles. The average molecular weight is 283 g/mol. The number of nitrogens with zero attached hydrogens (tertiary/aromatic N) is 1. The van der Waals surface area contributed by atoms with E-state index in [2.05, 4.69) is 10.3 Å². The van der Waals surface area contributed by atoms with E-state index in [0.717, 1.165) is 5.56 Å². The molecule has 3 N–H and O–H groups in total. The number of benzodiazepines with no additional fused rings is 1. The van der Waals surface area contributed by atoms with Crippen LogP contribution >= 0.6 is 0 Å². The molecule has 0 saturated heterocycles. The van der Waals surface area contributed by atoms with Gasteiger partial charge in [-0.05, 0) is 6.07 Å². The predicted molar refractivity (Wildman–Crippen MR) is 77.8 cm³/mol. The van der Waals surface area contributed by atoms with Gasteiger partial charge in [0.25, 0.3) is 0 Å². The molecule has 2 aromatic rings. The van der Waals surface area contributed by atoms with Gasteiger partial charge in [0.05, 0.1) is 11.4 Å². The van der Waals surface area contributed by atoms with Gasteiger partial charge in [-0.25, -0.2) is 5.21 Å². The van der Waals surface area contributed by atoms with Crippen molar-refractivity contribution in [2.24, 2.45) is 4.99 Å². The molecule has 1 atom stereocenters. The Morgan fingerprint density at radius 1 is 1.19 bits per heavy atom. The molecule has 2 aromatic carbocycles. The van der Waals surface area contributed by atoms with Crippen LogP contribution in [-0.4, -0.2) is 23.4 Å². The van der Waals surface area contributed by atoms with E-state index in [1.54, 1.807) is 6.07 Å². The van der Waals surface area contributed by atoms with E-state index in [9.17, 15) is 10.0 Å². The summed E-state index contributed by atoms with van der Waals surface area (Å²) in [5, 5.41) is 22.0. The zero-order valence-electron chi connectivity index (χ0n) is 11.0. The topological polar surface area (TPSA) is 89.2 Å². The number of aliphatic imine (C=N–C) groups is 1. The first-order valence-electron chi connectivity index (χ1n) is 6.42. The fourth-order valence-electron chi connectivity index (χ4n) is 2.25. The molecule has 1 amide bonds. The first kappa shape index (κ1) is 13.4. The third-order valence-electron chi connectivity index (χ3n) is 3.22. The molecule has 0 spiro atoms. The number of carbonyl (C=O) groups excluding carboxylic acids is 1. The van der Waals surface area contributed by atoms with Crippen molar-refractivity contribution in [3.63, 3.8) is 0 Å². The zero-order valence-corrected chi connectivity index (χ0v) is 11.0.